The van der Waals surface area contributed by atoms with Gasteiger partial charge in [0.2, 0.25) is 0 Å². The number of hydrogen-bond acceptors (Lipinski definition) is 6. The highest BCUT2D eigenvalue weighted by Gasteiger charge is 2.09. The first-order valence-corrected chi connectivity index (χ1v) is 5.77. The predicted molar refractivity (Wildman–Crippen MR) is 68.0 cm³/mol. The van der Waals surface area contributed by atoms with Gasteiger partial charge in [0, 0.05) is 5.75 Å². The minimum atomic E-state index is -1.00. The van der Waals surface area contributed by atoms with Crippen LogP contribution in [0.25, 0.3) is 0 Å². The Morgan fingerprint density at radius 2 is 1.53 bits per heavy atom. The molecule has 0 spiro atoms. The fraction of sp³-hybridized carbons (Fsp3) is 0.778. The molecule has 0 heterocycles. The molecule has 2 atom stereocenters. The van der Waals surface area contributed by atoms with Gasteiger partial charge in [0.1, 0.15) is 12.1 Å². The van der Waals surface area contributed by atoms with E-state index in [9.17, 15) is 9.59 Å². The van der Waals surface area contributed by atoms with E-state index < -0.39 is 24.0 Å². The molecule has 0 rings (SSSR count). The highest BCUT2D eigenvalue weighted by molar-refractivity contribution is 7.80. The summed E-state index contributed by atoms with van der Waals surface area (Å²) < 4.78 is 0. The summed E-state index contributed by atoms with van der Waals surface area (Å²) >= 11 is 3.65. The first kappa shape index (κ1) is 18.5. The molecule has 0 fully saturated rings. The fourth-order valence-corrected chi connectivity index (χ4v) is 0.866. The number of unbranched alkanes of at least 4 members (excludes halogenated alkanes) is 1. The van der Waals surface area contributed by atoms with E-state index >= 15 is 0 Å². The van der Waals surface area contributed by atoms with Crippen LogP contribution in [0.15, 0.2) is 0 Å². The zero-order valence-corrected chi connectivity index (χ0v) is 10.5. The van der Waals surface area contributed by atoms with Crippen LogP contribution in [-0.2, 0) is 9.59 Å². The maximum atomic E-state index is 10.1. The van der Waals surface area contributed by atoms with E-state index in [-0.39, 0.29) is 5.75 Å². The van der Waals surface area contributed by atoms with Crippen molar-refractivity contribution < 1.29 is 19.8 Å². The average molecular weight is 267 g/mol. The lowest BCUT2D eigenvalue weighted by Gasteiger charge is -2.03. The number of carboxylic acids is 2. The van der Waals surface area contributed by atoms with Crippen LogP contribution in [0.3, 0.4) is 0 Å². The summed E-state index contributed by atoms with van der Waals surface area (Å²) in [5.41, 5.74) is 15.4. The summed E-state index contributed by atoms with van der Waals surface area (Å²) in [5, 5.41) is 16.3. The Bertz CT molecular complexity index is 228. The van der Waals surface area contributed by atoms with Gasteiger partial charge in [-0.25, -0.2) is 0 Å². The smallest absolute Gasteiger partial charge is 0.321 e. The third-order valence-corrected chi connectivity index (χ3v) is 2.19. The van der Waals surface area contributed by atoms with Gasteiger partial charge in [-0.15, -0.1) is 0 Å². The van der Waals surface area contributed by atoms with Crippen LogP contribution in [0, 0.1) is 0 Å². The van der Waals surface area contributed by atoms with Gasteiger partial charge in [0.25, 0.3) is 0 Å². The predicted octanol–water partition coefficient (Wildman–Crippen LogP) is -1.14. The fourth-order valence-electron chi connectivity index (χ4n) is 0.710. The number of rotatable bonds is 7. The van der Waals surface area contributed by atoms with Crippen molar-refractivity contribution in [2.75, 3.05) is 12.3 Å². The van der Waals surface area contributed by atoms with Crippen molar-refractivity contribution in [1.29, 1.82) is 0 Å². The van der Waals surface area contributed by atoms with Crippen molar-refractivity contribution in [2.24, 2.45) is 17.2 Å². The second kappa shape index (κ2) is 11.6. The molecule has 0 aromatic carbocycles. The third-order valence-electron chi connectivity index (χ3n) is 1.80. The molecule has 0 aromatic heterocycles. The van der Waals surface area contributed by atoms with Gasteiger partial charge in [-0.05, 0) is 19.4 Å². The molecule has 0 bridgehead atoms. The number of carboxylic acid groups (broad SMARTS) is 2. The lowest BCUT2D eigenvalue weighted by atomic mass is 10.1. The van der Waals surface area contributed by atoms with Crippen molar-refractivity contribution in [3.05, 3.63) is 0 Å². The Hall–Kier alpha value is -0.830. The van der Waals surface area contributed by atoms with Crippen LogP contribution in [-0.4, -0.2) is 46.5 Å². The highest BCUT2D eigenvalue weighted by Crippen LogP contribution is 1.96. The quantitative estimate of drug-likeness (QED) is 0.252. The van der Waals surface area contributed by atoms with E-state index in [0.717, 1.165) is 12.8 Å². The first-order chi connectivity index (χ1) is 7.86. The molecule has 0 aliphatic rings. The van der Waals surface area contributed by atoms with Crippen LogP contribution >= 0.6 is 12.6 Å². The van der Waals surface area contributed by atoms with Gasteiger partial charge in [-0.2, -0.15) is 12.6 Å². The molecule has 2 unspecified atom stereocenters. The number of hydrogen-bond donors (Lipinski definition) is 6. The summed E-state index contributed by atoms with van der Waals surface area (Å²) in [7, 11) is 0. The van der Waals surface area contributed by atoms with Crippen LogP contribution in [0.2, 0.25) is 0 Å². The summed E-state index contributed by atoms with van der Waals surface area (Å²) in [6, 6.07) is -1.53. The van der Waals surface area contributed by atoms with E-state index in [1.807, 2.05) is 0 Å². The summed E-state index contributed by atoms with van der Waals surface area (Å²) in [4.78, 5) is 19.9. The van der Waals surface area contributed by atoms with Crippen molar-refractivity contribution in [1.82, 2.24) is 0 Å². The van der Waals surface area contributed by atoms with E-state index in [0.29, 0.717) is 13.0 Å². The number of carbonyl (C=O) groups is 2. The van der Waals surface area contributed by atoms with Gasteiger partial charge in [-0.3, -0.25) is 9.59 Å². The summed E-state index contributed by atoms with van der Waals surface area (Å²) in [6.45, 7) is 0.604. The zero-order valence-electron chi connectivity index (χ0n) is 9.58. The maximum Gasteiger partial charge on any atom is 0.321 e. The topological polar surface area (TPSA) is 153 Å². The Morgan fingerprint density at radius 3 is 1.76 bits per heavy atom. The van der Waals surface area contributed by atoms with Crippen LogP contribution in [0.1, 0.15) is 19.3 Å². The van der Waals surface area contributed by atoms with Crippen molar-refractivity contribution >= 4 is 24.6 Å². The lowest BCUT2D eigenvalue weighted by Crippen LogP contribution is -2.31. The molecule has 0 aliphatic heterocycles. The Balaban J connectivity index is 0. The van der Waals surface area contributed by atoms with E-state index in [4.69, 9.17) is 27.4 Å². The molecule has 0 aromatic rings. The number of thiol groups is 1. The van der Waals surface area contributed by atoms with Gasteiger partial charge in [0.15, 0.2) is 0 Å². The average Bonchev–Trinajstić information content (AvgIpc) is 2.28. The van der Waals surface area contributed by atoms with Crippen molar-refractivity contribution in [3.63, 3.8) is 0 Å². The summed E-state index contributed by atoms with van der Waals surface area (Å²) in [6.07, 6.45) is 2.16. The van der Waals surface area contributed by atoms with Gasteiger partial charge in [0.05, 0.1) is 0 Å². The Kier molecular flexibility index (Phi) is 12.7. The second-order valence-electron chi connectivity index (χ2n) is 3.36. The molecule has 0 aliphatic carbocycles. The molecule has 7 nitrogen and oxygen atoms in total. The minimum Gasteiger partial charge on any atom is -0.480 e. The monoisotopic (exact) mass is 267 g/mol. The molecule has 8 N–H and O–H groups in total. The zero-order chi connectivity index (χ0) is 13.8. The van der Waals surface area contributed by atoms with E-state index in [1.165, 1.54) is 0 Å². The molecular formula is C9H21N3O4S. The van der Waals surface area contributed by atoms with Crippen LogP contribution in [0.5, 0.6) is 0 Å². The van der Waals surface area contributed by atoms with Gasteiger partial charge in [-0.1, -0.05) is 6.42 Å². The van der Waals surface area contributed by atoms with Crippen molar-refractivity contribution in [3.8, 4) is 0 Å². The van der Waals surface area contributed by atoms with Crippen LogP contribution < -0.4 is 17.2 Å². The Labute approximate surface area is 106 Å². The molecular weight excluding hydrogens is 246 g/mol. The molecule has 8 heteroatoms. The molecule has 0 saturated heterocycles. The normalized spacial score (nSPS) is 13.2. The number of nitrogens with two attached hydrogens (primary N) is 3. The molecule has 17 heavy (non-hydrogen) atoms. The standard InChI is InChI=1S/C6H14N2O2.C3H7NO2S/c7-4-2-1-3-5(8)6(9)10;4-2(1-7)3(5)6/h5H,1-4,7-8H2,(H,9,10);2,7H,1,4H2,(H,5,6). The van der Waals surface area contributed by atoms with Crippen LogP contribution in [0.4, 0.5) is 0 Å². The number of aliphatic carboxylic acids is 2. The molecule has 0 amide bonds. The largest absolute Gasteiger partial charge is 0.480 e. The van der Waals surface area contributed by atoms with E-state index in [1.54, 1.807) is 0 Å². The SMILES string of the molecule is NC(CS)C(=O)O.NCCCCC(N)C(=O)O. The minimum absolute atomic E-state index is 0.190. The van der Waals surface area contributed by atoms with E-state index in [2.05, 4.69) is 12.6 Å². The van der Waals surface area contributed by atoms with Gasteiger partial charge < -0.3 is 27.4 Å². The Morgan fingerprint density at radius 1 is 1.06 bits per heavy atom. The summed E-state index contributed by atoms with van der Waals surface area (Å²) in [5.74, 6) is -1.75. The molecule has 102 valence electrons. The first-order valence-electron chi connectivity index (χ1n) is 5.14. The highest BCUT2D eigenvalue weighted by atomic mass is 32.1. The molecule has 0 radical (unpaired) electrons. The van der Waals surface area contributed by atoms with Crippen molar-refractivity contribution in [2.45, 2.75) is 31.3 Å². The molecule has 0 saturated carbocycles. The lowest BCUT2D eigenvalue weighted by molar-refractivity contribution is -0.139. The maximum absolute atomic E-state index is 10.1. The van der Waals surface area contributed by atoms with Gasteiger partial charge >= 0.3 is 11.9 Å². The second-order valence-corrected chi connectivity index (χ2v) is 3.72. The third kappa shape index (κ3) is 13.1.